The Morgan fingerprint density at radius 1 is 1.27 bits per heavy atom. The zero-order chi connectivity index (χ0) is 10.9. The lowest BCUT2D eigenvalue weighted by molar-refractivity contribution is 0.597. The van der Waals surface area contributed by atoms with Crippen molar-refractivity contribution < 1.29 is 8.42 Å². The molecule has 1 aliphatic rings. The Morgan fingerprint density at radius 2 is 1.87 bits per heavy atom. The Labute approximate surface area is 98.1 Å². The van der Waals surface area contributed by atoms with Crippen molar-refractivity contribution in [1.82, 2.24) is 0 Å². The summed E-state index contributed by atoms with van der Waals surface area (Å²) in [4.78, 5) is 0. The third-order valence-electron chi connectivity index (χ3n) is 2.27. The van der Waals surface area contributed by atoms with Crippen LogP contribution in [-0.2, 0) is 10.0 Å². The van der Waals surface area contributed by atoms with E-state index in [1.165, 1.54) is 0 Å². The lowest BCUT2D eigenvalue weighted by Gasteiger charge is -2.06. The molecule has 0 radical (unpaired) electrons. The molecule has 2 rings (SSSR count). The lowest BCUT2D eigenvalue weighted by Crippen LogP contribution is -2.17. The first kappa shape index (κ1) is 11.0. The van der Waals surface area contributed by atoms with E-state index in [9.17, 15) is 8.42 Å². The van der Waals surface area contributed by atoms with Crippen LogP contribution < -0.4 is 4.72 Å². The molecule has 3 nitrogen and oxygen atoms in total. The SMILES string of the molecule is O=S(=O)(CC1CC1)Nc1ccc(Br)cc1. The number of anilines is 1. The van der Waals surface area contributed by atoms with Crippen LogP contribution in [0.5, 0.6) is 0 Å². The van der Waals surface area contributed by atoms with Crippen molar-refractivity contribution in [1.29, 1.82) is 0 Å². The molecule has 1 saturated carbocycles. The minimum absolute atomic E-state index is 0.253. The number of nitrogens with one attached hydrogen (secondary N) is 1. The molecule has 0 unspecified atom stereocenters. The first-order valence-corrected chi connectivity index (χ1v) is 7.26. The monoisotopic (exact) mass is 289 g/mol. The molecule has 0 heterocycles. The van der Waals surface area contributed by atoms with Gasteiger partial charge in [0.2, 0.25) is 10.0 Å². The number of hydrogen-bond donors (Lipinski definition) is 1. The largest absolute Gasteiger partial charge is 0.284 e. The highest BCUT2D eigenvalue weighted by atomic mass is 79.9. The minimum Gasteiger partial charge on any atom is -0.284 e. The molecule has 0 saturated heterocycles. The van der Waals surface area contributed by atoms with Crippen LogP contribution in [0.3, 0.4) is 0 Å². The molecule has 0 aliphatic heterocycles. The Bertz CT molecular complexity index is 437. The predicted octanol–water partition coefficient (Wildman–Crippen LogP) is 2.60. The maximum Gasteiger partial charge on any atom is 0.232 e. The number of sulfonamides is 1. The molecule has 0 amide bonds. The molecule has 1 fully saturated rings. The number of rotatable bonds is 4. The van der Waals surface area contributed by atoms with Crippen molar-refractivity contribution >= 4 is 31.6 Å². The van der Waals surface area contributed by atoms with Gasteiger partial charge in [0.05, 0.1) is 5.75 Å². The fourth-order valence-electron chi connectivity index (χ4n) is 1.33. The summed E-state index contributed by atoms with van der Waals surface area (Å²) in [7, 11) is -3.15. The summed E-state index contributed by atoms with van der Waals surface area (Å²) in [5.74, 6) is 0.626. The van der Waals surface area contributed by atoms with Gasteiger partial charge in [-0.1, -0.05) is 15.9 Å². The highest BCUT2D eigenvalue weighted by Gasteiger charge is 2.27. The first-order chi connectivity index (χ1) is 7.05. The van der Waals surface area contributed by atoms with Gasteiger partial charge in [0, 0.05) is 10.2 Å². The number of hydrogen-bond acceptors (Lipinski definition) is 2. The van der Waals surface area contributed by atoms with Crippen LogP contribution in [0.15, 0.2) is 28.7 Å². The quantitative estimate of drug-likeness (QED) is 0.926. The Kier molecular flexibility index (Phi) is 3.02. The molecular formula is C10H12BrNO2S. The summed E-state index contributed by atoms with van der Waals surface area (Å²) in [6.07, 6.45) is 2.09. The third-order valence-corrected chi connectivity index (χ3v) is 4.26. The van der Waals surface area contributed by atoms with E-state index < -0.39 is 10.0 Å². The second-order valence-corrected chi connectivity index (χ2v) is 6.52. The zero-order valence-electron chi connectivity index (χ0n) is 8.11. The molecule has 1 N–H and O–H groups in total. The van der Waals surface area contributed by atoms with E-state index in [-0.39, 0.29) is 5.75 Å². The van der Waals surface area contributed by atoms with Gasteiger partial charge < -0.3 is 0 Å². The van der Waals surface area contributed by atoms with Gasteiger partial charge in [0.15, 0.2) is 0 Å². The van der Waals surface area contributed by atoms with Crippen molar-refractivity contribution in [3.8, 4) is 0 Å². The van der Waals surface area contributed by atoms with E-state index in [0.717, 1.165) is 17.3 Å². The topological polar surface area (TPSA) is 46.2 Å². The Hall–Kier alpha value is -0.550. The van der Waals surface area contributed by atoms with Gasteiger partial charge in [-0.25, -0.2) is 8.42 Å². The van der Waals surface area contributed by atoms with Crippen LogP contribution in [0.2, 0.25) is 0 Å². The van der Waals surface area contributed by atoms with Crippen molar-refractivity contribution in [3.05, 3.63) is 28.7 Å². The summed E-state index contributed by atoms with van der Waals surface area (Å²) in [6, 6.07) is 7.12. The minimum atomic E-state index is -3.15. The normalized spacial score (nSPS) is 16.3. The highest BCUT2D eigenvalue weighted by Crippen LogP contribution is 2.30. The van der Waals surface area contributed by atoms with E-state index >= 15 is 0 Å². The highest BCUT2D eigenvalue weighted by molar-refractivity contribution is 9.10. The molecule has 0 aromatic heterocycles. The van der Waals surface area contributed by atoms with E-state index in [2.05, 4.69) is 20.7 Å². The van der Waals surface area contributed by atoms with Crippen LogP contribution in [0.1, 0.15) is 12.8 Å². The van der Waals surface area contributed by atoms with Crippen LogP contribution in [-0.4, -0.2) is 14.2 Å². The van der Waals surface area contributed by atoms with Crippen LogP contribution in [0.4, 0.5) is 5.69 Å². The second-order valence-electron chi connectivity index (χ2n) is 3.83. The smallest absolute Gasteiger partial charge is 0.232 e. The fraction of sp³-hybridized carbons (Fsp3) is 0.400. The van der Waals surface area contributed by atoms with Crippen LogP contribution in [0, 0.1) is 5.92 Å². The van der Waals surface area contributed by atoms with E-state index in [1.54, 1.807) is 12.1 Å². The molecule has 82 valence electrons. The molecule has 0 atom stereocenters. The second kappa shape index (κ2) is 4.14. The van der Waals surface area contributed by atoms with E-state index in [1.807, 2.05) is 12.1 Å². The number of halogens is 1. The molecule has 0 spiro atoms. The van der Waals surface area contributed by atoms with Crippen molar-refractivity contribution in [2.45, 2.75) is 12.8 Å². The molecule has 1 aromatic rings. The molecular weight excluding hydrogens is 278 g/mol. The molecule has 0 bridgehead atoms. The Balaban J connectivity index is 2.03. The van der Waals surface area contributed by atoms with Crippen molar-refractivity contribution in [2.24, 2.45) is 5.92 Å². The summed E-state index contributed by atoms with van der Waals surface area (Å²) in [6.45, 7) is 0. The standard InChI is InChI=1S/C10H12BrNO2S/c11-9-3-5-10(6-4-9)12-15(13,14)7-8-1-2-8/h3-6,8,12H,1-2,7H2. The third kappa shape index (κ3) is 3.50. The van der Waals surface area contributed by atoms with Crippen molar-refractivity contribution in [2.75, 3.05) is 10.5 Å². The molecule has 1 aromatic carbocycles. The van der Waals surface area contributed by atoms with Gasteiger partial charge >= 0.3 is 0 Å². The van der Waals surface area contributed by atoms with E-state index in [4.69, 9.17) is 0 Å². The fourth-order valence-corrected chi connectivity index (χ4v) is 3.13. The average Bonchev–Trinajstić information content (AvgIpc) is 2.91. The summed E-state index contributed by atoms with van der Waals surface area (Å²) < 4.78 is 26.7. The average molecular weight is 290 g/mol. The summed E-state index contributed by atoms with van der Waals surface area (Å²) in [5.41, 5.74) is 0.624. The van der Waals surface area contributed by atoms with Gasteiger partial charge in [0.1, 0.15) is 0 Å². The number of benzene rings is 1. The maximum absolute atomic E-state index is 11.6. The maximum atomic E-state index is 11.6. The van der Waals surface area contributed by atoms with Crippen LogP contribution in [0.25, 0.3) is 0 Å². The molecule has 5 heteroatoms. The predicted molar refractivity (Wildman–Crippen MR) is 64.3 cm³/mol. The summed E-state index contributed by atoms with van der Waals surface area (Å²) in [5, 5.41) is 0. The first-order valence-electron chi connectivity index (χ1n) is 4.81. The van der Waals surface area contributed by atoms with Gasteiger partial charge in [-0.15, -0.1) is 0 Å². The zero-order valence-corrected chi connectivity index (χ0v) is 10.5. The van der Waals surface area contributed by atoms with Gasteiger partial charge in [0.25, 0.3) is 0 Å². The van der Waals surface area contributed by atoms with Gasteiger partial charge in [-0.3, -0.25) is 4.72 Å². The van der Waals surface area contributed by atoms with E-state index in [0.29, 0.717) is 11.6 Å². The van der Waals surface area contributed by atoms with Crippen LogP contribution >= 0.6 is 15.9 Å². The molecule has 15 heavy (non-hydrogen) atoms. The van der Waals surface area contributed by atoms with Gasteiger partial charge in [-0.2, -0.15) is 0 Å². The van der Waals surface area contributed by atoms with Gasteiger partial charge in [-0.05, 0) is 43.0 Å². The lowest BCUT2D eigenvalue weighted by atomic mass is 10.3. The van der Waals surface area contributed by atoms with Crippen molar-refractivity contribution in [3.63, 3.8) is 0 Å². The summed E-state index contributed by atoms with van der Waals surface area (Å²) >= 11 is 3.30. The Morgan fingerprint density at radius 3 is 2.40 bits per heavy atom. The molecule has 1 aliphatic carbocycles.